The van der Waals surface area contributed by atoms with Crippen LogP contribution in [0, 0.1) is 0 Å². The second-order valence-corrected chi connectivity index (χ2v) is 4.32. The smallest absolute Gasteiger partial charge is 0.0491 e. The topological polar surface area (TPSA) is 4.93 Å². The number of hydrogen-bond donors (Lipinski definition) is 0. The number of thioether (sulfide) groups is 1. The first-order valence-electron chi connectivity index (χ1n) is 4.88. The summed E-state index contributed by atoms with van der Waals surface area (Å²) in [7, 11) is 2.12. The lowest BCUT2D eigenvalue weighted by atomic mass is 10.1. The zero-order chi connectivity index (χ0) is 10.1. The fourth-order valence-corrected chi connectivity index (χ4v) is 2.60. The Balaban J connectivity index is 2.82. The van der Waals surface area contributed by atoms with Crippen LogP contribution in [-0.4, -0.2) is 10.8 Å². The first kappa shape index (κ1) is 9.66. The highest BCUT2D eigenvalue weighted by Crippen LogP contribution is 2.30. The third kappa shape index (κ3) is 1.34. The zero-order valence-corrected chi connectivity index (χ0v) is 9.69. The maximum Gasteiger partial charge on any atom is 0.0491 e. The van der Waals surface area contributed by atoms with Gasteiger partial charge in [-0.05, 0) is 30.4 Å². The van der Waals surface area contributed by atoms with Crippen molar-refractivity contribution in [2.24, 2.45) is 7.05 Å². The van der Waals surface area contributed by atoms with Gasteiger partial charge in [-0.2, -0.15) is 0 Å². The average Bonchev–Trinajstić information content (AvgIpc) is 2.56. The van der Waals surface area contributed by atoms with Gasteiger partial charge >= 0.3 is 0 Å². The fraction of sp³-hybridized carbons (Fsp3) is 0.333. The van der Waals surface area contributed by atoms with Crippen LogP contribution in [0.15, 0.2) is 29.3 Å². The van der Waals surface area contributed by atoms with Gasteiger partial charge < -0.3 is 4.57 Å². The molecule has 0 aliphatic rings. The number of rotatable bonds is 2. The number of aryl methyl sites for hydroxylation is 2. The van der Waals surface area contributed by atoms with Crippen LogP contribution in [0.1, 0.15) is 12.5 Å². The van der Waals surface area contributed by atoms with Gasteiger partial charge in [-0.15, -0.1) is 11.8 Å². The molecule has 1 aromatic heterocycles. The first-order valence-corrected chi connectivity index (χ1v) is 6.11. The van der Waals surface area contributed by atoms with Gasteiger partial charge in [0, 0.05) is 29.0 Å². The molecule has 0 saturated carbocycles. The van der Waals surface area contributed by atoms with E-state index in [0.717, 1.165) is 6.42 Å². The normalized spacial score (nSPS) is 11.1. The minimum atomic E-state index is 1.11. The van der Waals surface area contributed by atoms with Crippen molar-refractivity contribution in [3.05, 3.63) is 30.0 Å². The first-order chi connectivity index (χ1) is 6.77. The van der Waals surface area contributed by atoms with Gasteiger partial charge in [0.25, 0.3) is 0 Å². The lowest BCUT2D eigenvalue weighted by Gasteiger charge is -2.01. The molecule has 0 spiro atoms. The third-order valence-electron chi connectivity index (χ3n) is 2.66. The van der Waals surface area contributed by atoms with E-state index in [-0.39, 0.29) is 0 Å². The van der Waals surface area contributed by atoms with Gasteiger partial charge in [0.05, 0.1) is 0 Å². The summed E-state index contributed by atoms with van der Waals surface area (Å²) in [6, 6.07) is 6.52. The largest absolute Gasteiger partial charge is 0.350 e. The Kier molecular flexibility index (Phi) is 2.55. The number of fused-ring (bicyclic) bond motifs is 1. The molecule has 0 bridgehead atoms. The van der Waals surface area contributed by atoms with Crippen molar-refractivity contribution in [3.63, 3.8) is 0 Å². The summed E-state index contributed by atoms with van der Waals surface area (Å²) in [5.41, 5.74) is 2.79. The van der Waals surface area contributed by atoms with Crippen LogP contribution in [0.4, 0.5) is 0 Å². The number of hydrogen-bond acceptors (Lipinski definition) is 1. The third-order valence-corrected chi connectivity index (χ3v) is 3.44. The molecule has 0 atom stereocenters. The summed E-state index contributed by atoms with van der Waals surface area (Å²) in [4.78, 5) is 1.39. The second-order valence-electron chi connectivity index (χ2n) is 3.47. The molecule has 0 fully saturated rings. The van der Waals surface area contributed by atoms with E-state index < -0.39 is 0 Å². The lowest BCUT2D eigenvalue weighted by molar-refractivity contribution is 0.954. The molecule has 0 saturated heterocycles. The van der Waals surface area contributed by atoms with Crippen LogP contribution >= 0.6 is 11.8 Å². The Morgan fingerprint density at radius 1 is 1.36 bits per heavy atom. The zero-order valence-electron chi connectivity index (χ0n) is 8.87. The van der Waals surface area contributed by atoms with E-state index in [1.165, 1.54) is 21.4 Å². The minimum absolute atomic E-state index is 1.11. The van der Waals surface area contributed by atoms with Crippen LogP contribution in [-0.2, 0) is 13.5 Å². The van der Waals surface area contributed by atoms with Crippen LogP contribution in [0.2, 0.25) is 0 Å². The van der Waals surface area contributed by atoms with E-state index >= 15 is 0 Å². The molecule has 0 radical (unpaired) electrons. The molecule has 2 rings (SSSR count). The summed E-state index contributed by atoms with van der Waals surface area (Å²) in [6.45, 7) is 2.21. The second kappa shape index (κ2) is 3.70. The van der Waals surface area contributed by atoms with E-state index in [4.69, 9.17) is 0 Å². The van der Waals surface area contributed by atoms with Gasteiger partial charge in [-0.25, -0.2) is 0 Å². The van der Waals surface area contributed by atoms with Gasteiger partial charge in [-0.1, -0.05) is 13.0 Å². The van der Waals surface area contributed by atoms with Crippen molar-refractivity contribution in [3.8, 4) is 0 Å². The Morgan fingerprint density at radius 2 is 2.14 bits per heavy atom. The van der Waals surface area contributed by atoms with Crippen molar-refractivity contribution in [1.82, 2.24) is 4.57 Å². The monoisotopic (exact) mass is 205 g/mol. The quantitative estimate of drug-likeness (QED) is 0.680. The summed E-state index contributed by atoms with van der Waals surface area (Å²) in [6.07, 6.45) is 5.49. The molecule has 0 aliphatic heterocycles. The maximum absolute atomic E-state index is 2.24. The predicted octanol–water partition coefficient (Wildman–Crippen LogP) is 3.46. The Morgan fingerprint density at radius 3 is 2.79 bits per heavy atom. The van der Waals surface area contributed by atoms with Crippen LogP contribution in [0.5, 0.6) is 0 Å². The van der Waals surface area contributed by atoms with Gasteiger partial charge in [0.2, 0.25) is 0 Å². The highest BCUT2D eigenvalue weighted by atomic mass is 32.2. The molecule has 2 heteroatoms. The highest BCUT2D eigenvalue weighted by Gasteiger charge is 2.08. The van der Waals surface area contributed by atoms with E-state index in [1.807, 2.05) is 11.8 Å². The Hall–Kier alpha value is -0.890. The van der Waals surface area contributed by atoms with Crippen LogP contribution in [0.3, 0.4) is 0 Å². The van der Waals surface area contributed by atoms with Crippen molar-refractivity contribution in [2.45, 2.75) is 18.2 Å². The average molecular weight is 205 g/mol. The van der Waals surface area contributed by atoms with Gasteiger partial charge in [0.1, 0.15) is 0 Å². The van der Waals surface area contributed by atoms with E-state index in [1.54, 1.807) is 0 Å². The molecule has 0 N–H and O–H groups in total. The summed E-state index contributed by atoms with van der Waals surface area (Å²) in [5.74, 6) is 0. The van der Waals surface area contributed by atoms with Crippen molar-refractivity contribution in [1.29, 1.82) is 0 Å². The van der Waals surface area contributed by atoms with E-state index in [2.05, 4.69) is 49.2 Å². The summed E-state index contributed by atoms with van der Waals surface area (Å²) < 4.78 is 2.22. The number of benzene rings is 1. The summed E-state index contributed by atoms with van der Waals surface area (Å²) >= 11 is 1.83. The Labute approximate surface area is 89.1 Å². The van der Waals surface area contributed by atoms with E-state index in [0.29, 0.717) is 0 Å². The summed E-state index contributed by atoms with van der Waals surface area (Å²) in [5, 5.41) is 1.44. The highest BCUT2D eigenvalue weighted by molar-refractivity contribution is 7.98. The molecule has 0 amide bonds. The van der Waals surface area contributed by atoms with Crippen LogP contribution in [0.25, 0.3) is 10.9 Å². The van der Waals surface area contributed by atoms with E-state index in [9.17, 15) is 0 Å². The van der Waals surface area contributed by atoms with Crippen molar-refractivity contribution < 1.29 is 0 Å². The predicted molar refractivity (Wildman–Crippen MR) is 64.1 cm³/mol. The van der Waals surface area contributed by atoms with Crippen molar-refractivity contribution in [2.75, 3.05) is 6.26 Å². The molecular weight excluding hydrogens is 190 g/mol. The number of aromatic nitrogens is 1. The minimum Gasteiger partial charge on any atom is -0.350 e. The molecule has 1 nitrogen and oxygen atoms in total. The Bertz CT molecular complexity index is 457. The molecule has 0 aliphatic carbocycles. The molecule has 0 unspecified atom stereocenters. The molecule has 14 heavy (non-hydrogen) atoms. The molecule has 1 aromatic carbocycles. The molecule has 2 aromatic rings. The molecular formula is C12H15NS. The number of nitrogens with zero attached hydrogens (tertiary/aromatic N) is 1. The van der Waals surface area contributed by atoms with Gasteiger partial charge in [0.15, 0.2) is 0 Å². The lowest BCUT2D eigenvalue weighted by Crippen LogP contribution is -1.82. The molecule has 1 heterocycles. The SMILES string of the molecule is CCc1cn(C)c2cccc(SC)c12. The standard InChI is InChI=1S/C12H15NS/c1-4-9-8-13(2)10-6-5-7-11(14-3)12(9)10/h5-8H,4H2,1-3H3. The molecule has 74 valence electrons. The fourth-order valence-electron chi connectivity index (χ4n) is 1.94. The van der Waals surface area contributed by atoms with Crippen LogP contribution < -0.4 is 0 Å². The van der Waals surface area contributed by atoms with Crippen molar-refractivity contribution >= 4 is 22.7 Å². The maximum atomic E-state index is 2.24. The van der Waals surface area contributed by atoms with Gasteiger partial charge in [-0.3, -0.25) is 0 Å².